The standard InChI is InChI=1S/C22H21N3O7/c1-25(2)16-11-6-9-5-10-8(7-23)3-4-12(26)14(10)17(27)13(9)19(29)22(11,32)20(30)15(18(16)28)21(24)31/h3-4,9,11,16,26-27,30,32H,5-6H2,1-2H3,(H2,24,31)/t9-,11-,16-,22-/m0/s1. The summed E-state index contributed by atoms with van der Waals surface area (Å²) in [6.45, 7) is 0. The number of aliphatic hydroxyl groups excluding tert-OH is 2. The average molecular weight is 439 g/mol. The Morgan fingerprint density at radius 3 is 2.47 bits per heavy atom. The third kappa shape index (κ3) is 2.55. The molecule has 0 aromatic heterocycles. The maximum atomic E-state index is 13.6. The number of aliphatic hydroxyl groups is 3. The third-order valence-electron chi connectivity index (χ3n) is 6.72. The van der Waals surface area contributed by atoms with Gasteiger partial charge >= 0.3 is 0 Å². The summed E-state index contributed by atoms with van der Waals surface area (Å²) in [7, 11) is 3.05. The first-order valence-corrected chi connectivity index (χ1v) is 9.86. The fourth-order valence-electron chi connectivity index (χ4n) is 5.35. The third-order valence-corrected chi connectivity index (χ3v) is 6.72. The van der Waals surface area contributed by atoms with E-state index < -0.39 is 58.0 Å². The fraction of sp³-hybridized carbons (Fsp3) is 0.364. The molecule has 1 aromatic carbocycles. The van der Waals surface area contributed by atoms with Gasteiger partial charge < -0.3 is 26.2 Å². The lowest BCUT2D eigenvalue weighted by atomic mass is 9.57. The molecule has 6 N–H and O–H groups in total. The van der Waals surface area contributed by atoms with Crippen molar-refractivity contribution in [1.29, 1.82) is 5.26 Å². The van der Waals surface area contributed by atoms with Crippen molar-refractivity contribution in [3.63, 3.8) is 0 Å². The second-order valence-electron chi connectivity index (χ2n) is 8.56. The molecule has 10 heteroatoms. The minimum atomic E-state index is -2.67. The highest BCUT2D eigenvalue weighted by atomic mass is 16.3. The zero-order valence-corrected chi connectivity index (χ0v) is 17.3. The number of carbonyl (C=O) groups is 3. The molecule has 1 amide bonds. The highest BCUT2D eigenvalue weighted by molar-refractivity contribution is 6.24. The van der Waals surface area contributed by atoms with E-state index in [1.165, 1.54) is 31.1 Å². The van der Waals surface area contributed by atoms with Crippen LogP contribution in [0.15, 0.2) is 29.0 Å². The van der Waals surface area contributed by atoms with Crippen LogP contribution in [0.3, 0.4) is 0 Å². The van der Waals surface area contributed by atoms with Crippen molar-refractivity contribution in [3.05, 3.63) is 45.7 Å². The summed E-state index contributed by atoms with van der Waals surface area (Å²) in [4.78, 5) is 39.9. The Morgan fingerprint density at radius 1 is 1.25 bits per heavy atom. The zero-order chi connectivity index (χ0) is 23.7. The van der Waals surface area contributed by atoms with E-state index in [0.29, 0.717) is 5.56 Å². The highest BCUT2D eigenvalue weighted by Crippen LogP contribution is 2.52. The van der Waals surface area contributed by atoms with E-state index in [9.17, 15) is 40.1 Å². The van der Waals surface area contributed by atoms with E-state index in [-0.39, 0.29) is 35.3 Å². The number of ketones is 2. The zero-order valence-electron chi connectivity index (χ0n) is 17.3. The second kappa shape index (κ2) is 6.91. The van der Waals surface area contributed by atoms with E-state index in [4.69, 9.17) is 5.73 Å². The Balaban J connectivity index is 2.00. The minimum absolute atomic E-state index is 0.0215. The number of nitriles is 1. The molecule has 4 rings (SSSR count). The molecule has 0 heterocycles. The van der Waals surface area contributed by atoms with Crippen molar-refractivity contribution >= 4 is 23.2 Å². The molecule has 32 heavy (non-hydrogen) atoms. The number of hydrogen-bond acceptors (Lipinski definition) is 9. The molecule has 0 bridgehead atoms. The number of phenols is 1. The Labute approximate surface area is 182 Å². The minimum Gasteiger partial charge on any atom is -0.508 e. The molecular weight excluding hydrogens is 418 g/mol. The Kier molecular flexibility index (Phi) is 4.66. The summed E-state index contributed by atoms with van der Waals surface area (Å²) < 4.78 is 0. The van der Waals surface area contributed by atoms with Gasteiger partial charge in [-0.3, -0.25) is 19.3 Å². The van der Waals surface area contributed by atoms with E-state index >= 15 is 0 Å². The molecule has 1 saturated carbocycles. The van der Waals surface area contributed by atoms with Crippen molar-refractivity contribution in [2.75, 3.05) is 14.1 Å². The van der Waals surface area contributed by atoms with E-state index in [2.05, 4.69) is 0 Å². The number of primary amides is 1. The van der Waals surface area contributed by atoms with E-state index in [0.717, 1.165) is 0 Å². The van der Waals surface area contributed by atoms with Gasteiger partial charge in [0.15, 0.2) is 11.4 Å². The van der Waals surface area contributed by atoms with Gasteiger partial charge in [-0.25, -0.2) is 0 Å². The Bertz CT molecular complexity index is 1210. The molecule has 0 radical (unpaired) electrons. The molecule has 0 unspecified atom stereocenters. The largest absolute Gasteiger partial charge is 0.508 e. The van der Waals surface area contributed by atoms with Gasteiger partial charge in [-0.1, -0.05) is 0 Å². The average Bonchev–Trinajstić information content (AvgIpc) is 2.70. The molecule has 0 saturated heterocycles. The lowest BCUT2D eigenvalue weighted by molar-refractivity contribution is -0.153. The number of hydrogen-bond donors (Lipinski definition) is 5. The summed E-state index contributed by atoms with van der Waals surface area (Å²) in [5, 5.41) is 52.8. The molecule has 1 aromatic rings. The molecule has 166 valence electrons. The quantitative estimate of drug-likeness (QED) is 0.390. The van der Waals surface area contributed by atoms with Gasteiger partial charge in [0, 0.05) is 11.5 Å². The molecule has 0 aliphatic heterocycles. The molecule has 1 fully saturated rings. The van der Waals surface area contributed by atoms with Crippen LogP contribution < -0.4 is 5.73 Å². The molecule has 0 spiro atoms. The smallest absolute Gasteiger partial charge is 0.255 e. The van der Waals surface area contributed by atoms with Crippen molar-refractivity contribution in [2.45, 2.75) is 24.5 Å². The van der Waals surface area contributed by atoms with Crippen LogP contribution in [-0.4, -0.2) is 68.5 Å². The monoisotopic (exact) mass is 439 g/mol. The van der Waals surface area contributed by atoms with Crippen LogP contribution in [0.1, 0.15) is 23.1 Å². The first-order chi connectivity index (χ1) is 15.0. The number of carbonyl (C=O) groups excluding carboxylic acids is 3. The van der Waals surface area contributed by atoms with Crippen molar-refractivity contribution in [2.24, 2.45) is 17.6 Å². The molecular formula is C22H21N3O7. The summed E-state index contributed by atoms with van der Waals surface area (Å²) >= 11 is 0. The van der Waals surface area contributed by atoms with Crippen molar-refractivity contribution in [3.8, 4) is 11.8 Å². The number of aromatic hydroxyl groups is 1. The number of phenolic OH excluding ortho intramolecular Hbond substituents is 1. The normalized spacial score (nSPS) is 29.4. The lowest BCUT2D eigenvalue weighted by Crippen LogP contribution is -2.65. The van der Waals surface area contributed by atoms with Crippen LogP contribution in [0.4, 0.5) is 0 Å². The van der Waals surface area contributed by atoms with Gasteiger partial charge in [0.25, 0.3) is 5.91 Å². The van der Waals surface area contributed by atoms with Gasteiger partial charge in [0.05, 0.1) is 23.2 Å². The number of fused-ring (bicyclic) bond motifs is 3. The van der Waals surface area contributed by atoms with Crippen molar-refractivity contribution in [1.82, 2.24) is 4.90 Å². The van der Waals surface area contributed by atoms with Crippen LogP contribution in [0, 0.1) is 23.2 Å². The maximum Gasteiger partial charge on any atom is 0.255 e. The van der Waals surface area contributed by atoms with Gasteiger partial charge in [-0.15, -0.1) is 0 Å². The topological polar surface area (TPSA) is 185 Å². The van der Waals surface area contributed by atoms with E-state index in [1.54, 1.807) is 0 Å². The SMILES string of the molecule is CN(C)[C@@H]1C(=O)C(C(N)=O)=C(O)[C@@]2(O)C(=O)C3=C(O)c4c(O)ccc(C#N)c4C[C@H]3C[C@@H]12. The molecule has 4 atom stereocenters. The van der Waals surface area contributed by atoms with Crippen LogP contribution in [0.25, 0.3) is 5.76 Å². The van der Waals surface area contributed by atoms with Gasteiger partial charge in [-0.2, -0.15) is 5.26 Å². The first kappa shape index (κ1) is 21.5. The number of benzene rings is 1. The number of Topliss-reactive ketones (excluding diaryl/α,β-unsaturated/α-hetero) is 2. The number of rotatable bonds is 2. The summed E-state index contributed by atoms with van der Waals surface area (Å²) in [5.41, 5.74) is 1.94. The second-order valence-corrected chi connectivity index (χ2v) is 8.56. The molecule has 3 aliphatic rings. The summed E-state index contributed by atoms with van der Waals surface area (Å²) in [6.07, 6.45) is 0.0676. The summed E-state index contributed by atoms with van der Waals surface area (Å²) in [5.74, 6) is -7.14. The highest BCUT2D eigenvalue weighted by Gasteiger charge is 2.64. The van der Waals surface area contributed by atoms with Crippen LogP contribution in [0.2, 0.25) is 0 Å². The number of amides is 1. The van der Waals surface area contributed by atoms with Crippen LogP contribution in [0.5, 0.6) is 5.75 Å². The van der Waals surface area contributed by atoms with Gasteiger partial charge in [-0.05, 0) is 50.6 Å². The maximum absolute atomic E-state index is 13.6. The number of nitrogens with zero attached hydrogens (tertiary/aromatic N) is 2. The predicted molar refractivity (Wildman–Crippen MR) is 109 cm³/mol. The molecule has 10 nitrogen and oxygen atoms in total. The van der Waals surface area contributed by atoms with Crippen molar-refractivity contribution < 1.29 is 34.8 Å². The van der Waals surface area contributed by atoms with Gasteiger partial charge in [0.2, 0.25) is 5.78 Å². The lowest BCUT2D eigenvalue weighted by Gasteiger charge is -2.50. The number of nitrogens with two attached hydrogens (primary N) is 1. The van der Waals surface area contributed by atoms with Crippen LogP contribution in [-0.2, 0) is 20.8 Å². The first-order valence-electron chi connectivity index (χ1n) is 9.86. The summed E-state index contributed by atoms with van der Waals surface area (Å²) in [6, 6.07) is 3.45. The molecule has 3 aliphatic carbocycles. The van der Waals surface area contributed by atoms with Gasteiger partial charge in [0.1, 0.15) is 22.8 Å². The number of likely N-dealkylation sites (N-methyl/N-ethyl adjacent to an activating group) is 1. The predicted octanol–water partition coefficient (Wildman–Crippen LogP) is -0.164. The van der Waals surface area contributed by atoms with E-state index in [1.807, 2.05) is 6.07 Å². The Hall–Kier alpha value is -3.68. The van der Waals surface area contributed by atoms with Crippen LogP contribution >= 0.6 is 0 Å². The fourth-order valence-corrected chi connectivity index (χ4v) is 5.35. The Morgan fingerprint density at radius 2 is 1.91 bits per heavy atom.